The van der Waals surface area contributed by atoms with Crippen molar-refractivity contribution in [3.8, 4) is 11.5 Å². The number of ether oxygens (including phenoxy) is 2. The molecule has 2 aromatic rings. The molecule has 1 N–H and O–H groups in total. The molecule has 2 aliphatic rings. The molecule has 4 rings (SSSR count). The van der Waals surface area contributed by atoms with Gasteiger partial charge in [0.2, 0.25) is 12.7 Å². The van der Waals surface area contributed by atoms with Crippen LogP contribution in [0.15, 0.2) is 30.5 Å². The summed E-state index contributed by atoms with van der Waals surface area (Å²) < 4.78 is 12.9. The highest BCUT2D eigenvalue weighted by Crippen LogP contribution is 2.39. The van der Waals surface area contributed by atoms with E-state index in [-0.39, 0.29) is 18.7 Å². The Hall–Kier alpha value is -2.54. The quantitative estimate of drug-likeness (QED) is 0.722. The van der Waals surface area contributed by atoms with E-state index in [9.17, 15) is 4.79 Å². The highest BCUT2D eigenvalue weighted by atomic mass is 16.7. The largest absolute Gasteiger partial charge is 0.454 e. The summed E-state index contributed by atoms with van der Waals surface area (Å²) in [5.74, 6) is 2.09. The van der Waals surface area contributed by atoms with Gasteiger partial charge in [0.05, 0.1) is 0 Å². The van der Waals surface area contributed by atoms with Crippen molar-refractivity contribution in [2.24, 2.45) is 0 Å². The monoisotopic (exact) mass is 370 g/mol. The zero-order valence-corrected chi connectivity index (χ0v) is 15.9. The number of amides is 1. The lowest BCUT2D eigenvalue weighted by Crippen LogP contribution is -2.37. The maximum atomic E-state index is 12.8. The van der Waals surface area contributed by atoms with Crippen molar-refractivity contribution in [2.75, 3.05) is 27.4 Å². The van der Waals surface area contributed by atoms with E-state index in [0.29, 0.717) is 18.2 Å². The molecule has 1 amide bonds. The molecule has 1 aliphatic carbocycles. The van der Waals surface area contributed by atoms with Gasteiger partial charge >= 0.3 is 0 Å². The molecule has 0 unspecified atom stereocenters. The van der Waals surface area contributed by atoms with Crippen LogP contribution in [0.2, 0.25) is 0 Å². The number of fused-ring (bicyclic) bond motifs is 1. The van der Waals surface area contributed by atoms with Crippen molar-refractivity contribution in [1.29, 1.82) is 0 Å². The molecule has 0 spiro atoms. The molecule has 0 radical (unpaired) electrons. The van der Waals surface area contributed by atoms with Crippen LogP contribution in [0.5, 0.6) is 11.5 Å². The third-order valence-electron chi connectivity index (χ3n) is 5.07. The van der Waals surface area contributed by atoms with Crippen LogP contribution in [-0.2, 0) is 11.3 Å². The van der Waals surface area contributed by atoms with Gasteiger partial charge in [-0.1, -0.05) is 6.07 Å². The third-order valence-corrected chi connectivity index (χ3v) is 5.07. The smallest absolute Gasteiger partial charge is 0.241 e. The van der Waals surface area contributed by atoms with Crippen LogP contribution in [0, 0.1) is 0 Å². The number of likely N-dealkylation sites (N-methyl/N-ethyl adjacent to an activating group) is 1. The van der Waals surface area contributed by atoms with Gasteiger partial charge < -0.3 is 14.8 Å². The number of carbonyl (C=O) groups excluding carboxylic acids is 1. The first kappa shape index (κ1) is 17.9. The second-order valence-electron chi connectivity index (χ2n) is 7.38. The van der Waals surface area contributed by atoms with E-state index in [4.69, 9.17) is 9.47 Å². The minimum Gasteiger partial charge on any atom is -0.454 e. The first-order valence-corrected chi connectivity index (χ1v) is 9.49. The van der Waals surface area contributed by atoms with Crippen molar-refractivity contribution in [3.05, 3.63) is 41.7 Å². The van der Waals surface area contributed by atoms with Crippen LogP contribution in [0.25, 0.3) is 0 Å². The van der Waals surface area contributed by atoms with Crippen molar-refractivity contribution >= 4 is 5.91 Å². The Kier molecular flexibility index (Phi) is 5.03. The van der Waals surface area contributed by atoms with Gasteiger partial charge in [0, 0.05) is 30.9 Å². The van der Waals surface area contributed by atoms with Gasteiger partial charge in [-0.05, 0) is 57.1 Å². The molecule has 1 aromatic heterocycles. The van der Waals surface area contributed by atoms with Gasteiger partial charge in [0.15, 0.2) is 11.5 Å². The number of nitrogens with zero attached hydrogens (tertiary/aromatic N) is 3. The van der Waals surface area contributed by atoms with E-state index < -0.39 is 0 Å². The first-order valence-electron chi connectivity index (χ1n) is 9.49. The number of aryl methyl sites for hydroxylation is 1. The molecule has 1 fully saturated rings. The summed E-state index contributed by atoms with van der Waals surface area (Å²) in [5.41, 5.74) is 2.22. The first-order chi connectivity index (χ1) is 13.1. The Bertz CT molecular complexity index is 813. The summed E-state index contributed by atoms with van der Waals surface area (Å²) in [6.07, 6.45) is 5.26. The van der Waals surface area contributed by atoms with E-state index >= 15 is 0 Å². The van der Waals surface area contributed by atoms with E-state index in [1.807, 2.05) is 43.4 Å². The van der Waals surface area contributed by atoms with Crippen LogP contribution in [0.1, 0.15) is 42.5 Å². The van der Waals surface area contributed by atoms with Crippen molar-refractivity contribution in [2.45, 2.75) is 37.8 Å². The number of benzene rings is 1. The van der Waals surface area contributed by atoms with Crippen molar-refractivity contribution in [1.82, 2.24) is 20.0 Å². The molecular formula is C20H26N4O3. The molecule has 0 saturated heterocycles. The number of hydrogen-bond acceptors (Lipinski definition) is 5. The molecule has 7 nitrogen and oxygen atoms in total. The fourth-order valence-corrected chi connectivity index (χ4v) is 3.56. The SMILES string of the molecule is CN(C)[C@H](C(=O)NCCCn1nccc1C1CC1)c1ccc2c(c1)OCO2. The van der Waals surface area contributed by atoms with Crippen LogP contribution in [0.3, 0.4) is 0 Å². The second kappa shape index (κ2) is 7.60. The molecule has 1 atom stereocenters. The summed E-state index contributed by atoms with van der Waals surface area (Å²) in [6, 6.07) is 7.41. The third kappa shape index (κ3) is 3.93. The lowest BCUT2D eigenvalue weighted by molar-refractivity contribution is -0.125. The lowest BCUT2D eigenvalue weighted by Gasteiger charge is -2.24. The van der Waals surface area contributed by atoms with E-state index in [2.05, 4.69) is 21.2 Å². The van der Waals surface area contributed by atoms with Crippen LogP contribution in [-0.4, -0.2) is 48.0 Å². The standard InChI is InChI=1S/C20H26N4O3/c1-23(2)19(15-6-7-17-18(12-15)27-13-26-17)20(25)21-9-3-11-24-16(8-10-22-24)14-4-5-14/h6-8,10,12,14,19H,3-5,9,11,13H2,1-2H3,(H,21,25)/t19-/m0/s1. The molecular weight excluding hydrogens is 344 g/mol. The normalized spacial score (nSPS) is 16.6. The minimum absolute atomic E-state index is 0.0123. The van der Waals surface area contributed by atoms with Gasteiger partial charge in [0.1, 0.15) is 6.04 Å². The Morgan fingerprint density at radius 2 is 2.11 bits per heavy atom. The van der Waals surface area contributed by atoms with Gasteiger partial charge in [-0.2, -0.15) is 5.10 Å². The topological polar surface area (TPSA) is 68.6 Å². The lowest BCUT2D eigenvalue weighted by atomic mass is 10.0. The van der Waals surface area contributed by atoms with E-state index in [0.717, 1.165) is 24.3 Å². The summed E-state index contributed by atoms with van der Waals surface area (Å²) in [6.45, 7) is 1.68. The molecule has 144 valence electrons. The maximum Gasteiger partial charge on any atom is 0.241 e. The predicted octanol–water partition coefficient (Wildman–Crippen LogP) is 2.30. The fraction of sp³-hybridized carbons (Fsp3) is 0.500. The van der Waals surface area contributed by atoms with Crippen molar-refractivity contribution in [3.63, 3.8) is 0 Å². The number of nitrogens with one attached hydrogen (secondary N) is 1. The molecule has 1 aliphatic heterocycles. The Balaban J connectivity index is 1.33. The Morgan fingerprint density at radius 3 is 2.89 bits per heavy atom. The average Bonchev–Trinajstić information content (AvgIpc) is 3.19. The summed E-state index contributed by atoms with van der Waals surface area (Å²) in [5, 5.41) is 7.47. The zero-order valence-electron chi connectivity index (χ0n) is 15.9. The van der Waals surface area contributed by atoms with Crippen LogP contribution >= 0.6 is 0 Å². The Morgan fingerprint density at radius 1 is 1.30 bits per heavy atom. The Labute approximate surface area is 159 Å². The second-order valence-corrected chi connectivity index (χ2v) is 7.38. The number of hydrogen-bond donors (Lipinski definition) is 1. The van der Waals surface area contributed by atoms with Gasteiger partial charge in [-0.25, -0.2) is 0 Å². The average molecular weight is 370 g/mol. The van der Waals surface area contributed by atoms with Gasteiger partial charge in [-0.3, -0.25) is 14.4 Å². The highest BCUT2D eigenvalue weighted by molar-refractivity contribution is 5.83. The molecule has 1 aromatic carbocycles. The number of aromatic nitrogens is 2. The summed E-state index contributed by atoms with van der Waals surface area (Å²) >= 11 is 0. The van der Waals surface area contributed by atoms with Gasteiger partial charge in [-0.15, -0.1) is 0 Å². The van der Waals surface area contributed by atoms with E-state index in [1.165, 1.54) is 18.5 Å². The molecule has 7 heteroatoms. The van der Waals surface area contributed by atoms with Crippen LogP contribution < -0.4 is 14.8 Å². The van der Waals surface area contributed by atoms with E-state index in [1.54, 1.807) is 0 Å². The minimum atomic E-state index is -0.369. The number of carbonyl (C=O) groups is 1. The van der Waals surface area contributed by atoms with Crippen LogP contribution in [0.4, 0.5) is 0 Å². The molecule has 0 bridgehead atoms. The highest BCUT2D eigenvalue weighted by Gasteiger charge is 2.27. The molecule has 27 heavy (non-hydrogen) atoms. The van der Waals surface area contributed by atoms with Gasteiger partial charge in [0.25, 0.3) is 0 Å². The maximum absolute atomic E-state index is 12.8. The predicted molar refractivity (Wildman–Crippen MR) is 101 cm³/mol. The zero-order chi connectivity index (χ0) is 18.8. The molecule has 1 saturated carbocycles. The molecule has 2 heterocycles. The fourth-order valence-electron chi connectivity index (χ4n) is 3.56. The summed E-state index contributed by atoms with van der Waals surface area (Å²) in [4.78, 5) is 14.7. The van der Waals surface area contributed by atoms with Crippen molar-refractivity contribution < 1.29 is 14.3 Å². The summed E-state index contributed by atoms with van der Waals surface area (Å²) in [7, 11) is 3.81. The number of rotatable bonds is 8.